The molecule has 1 aromatic rings. The van der Waals surface area contributed by atoms with Crippen molar-refractivity contribution in [2.75, 3.05) is 22.1 Å². The third kappa shape index (κ3) is 1.74. The molecular weight excluding hydrogens is 265 g/mol. The van der Waals surface area contributed by atoms with Crippen LogP contribution in [0.3, 0.4) is 0 Å². The maximum atomic E-state index is 5.78. The second-order valence-corrected chi connectivity index (χ2v) is 4.83. The number of hydrogen-bond donors (Lipinski definition) is 3. The number of anilines is 3. The molecular formula is C8H13IN3-. The summed E-state index contributed by atoms with van der Waals surface area (Å²) in [6.45, 7) is 0. The molecule has 6 N–H and O–H groups in total. The van der Waals surface area contributed by atoms with Gasteiger partial charge in [0.25, 0.3) is 0 Å². The van der Waals surface area contributed by atoms with Crippen molar-refractivity contribution in [2.45, 2.75) is 4.43 Å². The van der Waals surface area contributed by atoms with Crippen LogP contribution in [-0.4, -0.2) is 4.93 Å². The van der Waals surface area contributed by atoms with Gasteiger partial charge in [-0.3, -0.25) is 0 Å². The van der Waals surface area contributed by atoms with Crippen LogP contribution in [0.2, 0.25) is 0 Å². The Kier molecular flexibility index (Phi) is 3.02. The second kappa shape index (κ2) is 3.84. The van der Waals surface area contributed by atoms with Gasteiger partial charge in [0.15, 0.2) is 0 Å². The Morgan fingerprint density at radius 3 is 2.42 bits per heavy atom. The molecule has 4 heteroatoms. The van der Waals surface area contributed by atoms with E-state index in [1.807, 2.05) is 12.1 Å². The summed E-state index contributed by atoms with van der Waals surface area (Å²) in [6.07, 6.45) is 0. The second-order valence-electron chi connectivity index (χ2n) is 2.54. The molecule has 0 aromatic heterocycles. The summed E-state index contributed by atoms with van der Waals surface area (Å²) in [7, 11) is 0. The van der Waals surface area contributed by atoms with Crippen LogP contribution in [0.25, 0.3) is 0 Å². The third-order valence-corrected chi connectivity index (χ3v) is 3.27. The molecule has 1 rings (SSSR count). The normalized spacial score (nSPS) is 10.4. The fourth-order valence-electron chi connectivity index (χ4n) is 0.959. The van der Waals surface area contributed by atoms with Crippen LogP contribution in [0, 0.1) is 0 Å². The zero-order valence-electron chi connectivity index (χ0n) is 6.97. The van der Waals surface area contributed by atoms with Crippen LogP contribution in [0.1, 0.15) is 5.56 Å². The standard InChI is InChI=1S/C8H13IN3/c1-9-4-5-2-3-6(10)8(12)7(5)11/h2-3H,4,10-12H2,1H3/q-1. The van der Waals surface area contributed by atoms with Gasteiger partial charge in [0.1, 0.15) is 0 Å². The average Bonchev–Trinajstić information content (AvgIpc) is 2.07. The van der Waals surface area contributed by atoms with Gasteiger partial charge in [-0.05, 0) is 0 Å². The monoisotopic (exact) mass is 278 g/mol. The summed E-state index contributed by atoms with van der Waals surface area (Å²) >= 11 is 0.213. The summed E-state index contributed by atoms with van der Waals surface area (Å²) in [4.78, 5) is 2.21. The molecule has 0 heterocycles. The molecule has 1 aromatic carbocycles. The molecule has 0 aliphatic rings. The van der Waals surface area contributed by atoms with E-state index in [1.54, 1.807) is 0 Å². The minimum absolute atomic E-state index is 0.213. The van der Waals surface area contributed by atoms with E-state index < -0.39 is 0 Å². The SMILES string of the molecule is C[I-]Cc1ccc(N)c(N)c1N. The van der Waals surface area contributed by atoms with Crippen molar-refractivity contribution < 1.29 is 21.2 Å². The van der Waals surface area contributed by atoms with Crippen LogP contribution in [0.5, 0.6) is 0 Å². The molecule has 0 saturated carbocycles. The molecule has 0 radical (unpaired) electrons. The van der Waals surface area contributed by atoms with E-state index in [4.69, 9.17) is 17.2 Å². The number of rotatable bonds is 2. The van der Waals surface area contributed by atoms with E-state index >= 15 is 0 Å². The first kappa shape index (κ1) is 9.44. The number of halogens is 1. The molecule has 0 fully saturated rings. The molecule has 12 heavy (non-hydrogen) atoms. The zero-order chi connectivity index (χ0) is 9.14. The summed E-state index contributed by atoms with van der Waals surface area (Å²) in [5.41, 5.74) is 20.0. The van der Waals surface area contributed by atoms with Gasteiger partial charge in [-0.15, -0.1) is 0 Å². The Labute approximate surface area is 82.6 Å². The van der Waals surface area contributed by atoms with E-state index in [2.05, 4.69) is 4.93 Å². The minimum atomic E-state index is 0.213. The first-order valence-electron chi connectivity index (χ1n) is 3.53. The summed E-state index contributed by atoms with van der Waals surface area (Å²) in [5.74, 6) is 0. The van der Waals surface area contributed by atoms with Gasteiger partial charge in [-0.2, -0.15) is 0 Å². The zero-order valence-corrected chi connectivity index (χ0v) is 9.13. The van der Waals surface area contributed by atoms with Gasteiger partial charge in [0.2, 0.25) is 0 Å². The molecule has 0 saturated heterocycles. The molecule has 0 spiro atoms. The van der Waals surface area contributed by atoms with E-state index in [9.17, 15) is 0 Å². The fourth-order valence-corrected chi connectivity index (χ4v) is 2.45. The summed E-state index contributed by atoms with van der Waals surface area (Å²) < 4.78 is 1.06. The Balaban J connectivity index is 3.08. The van der Waals surface area contributed by atoms with E-state index in [-0.39, 0.29) is 21.2 Å². The maximum absolute atomic E-state index is 5.78. The molecule has 0 bridgehead atoms. The topological polar surface area (TPSA) is 78.1 Å². The predicted octanol–water partition coefficient (Wildman–Crippen LogP) is -2.35. The Morgan fingerprint density at radius 2 is 1.83 bits per heavy atom. The van der Waals surface area contributed by atoms with Crippen molar-refractivity contribution in [1.29, 1.82) is 0 Å². The van der Waals surface area contributed by atoms with Crippen molar-refractivity contribution in [1.82, 2.24) is 0 Å². The van der Waals surface area contributed by atoms with Crippen molar-refractivity contribution in [3.63, 3.8) is 0 Å². The first-order valence-corrected chi connectivity index (χ1v) is 7.21. The van der Waals surface area contributed by atoms with Crippen molar-refractivity contribution >= 4 is 17.1 Å². The summed E-state index contributed by atoms with van der Waals surface area (Å²) in [6, 6.07) is 3.78. The molecule has 68 valence electrons. The number of hydrogen-bond acceptors (Lipinski definition) is 3. The first-order chi connectivity index (χ1) is 5.66. The van der Waals surface area contributed by atoms with Gasteiger partial charge >= 0.3 is 82.5 Å². The van der Waals surface area contributed by atoms with Crippen LogP contribution >= 0.6 is 0 Å². The van der Waals surface area contributed by atoms with Crippen molar-refractivity contribution in [3.8, 4) is 0 Å². The van der Waals surface area contributed by atoms with Crippen molar-refractivity contribution in [3.05, 3.63) is 17.7 Å². The van der Waals surface area contributed by atoms with Gasteiger partial charge in [0.05, 0.1) is 0 Å². The van der Waals surface area contributed by atoms with E-state index in [0.29, 0.717) is 17.1 Å². The van der Waals surface area contributed by atoms with Crippen LogP contribution < -0.4 is 38.4 Å². The molecule has 0 amide bonds. The van der Waals surface area contributed by atoms with Crippen molar-refractivity contribution in [2.24, 2.45) is 0 Å². The fraction of sp³-hybridized carbons (Fsp3) is 0.250. The van der Waals surface area contributed by atoms with Gasteiger partial charge in [-0.25, -0.2) is 0 Å². The molecule has 0 aliphatic carbocycles. The number of nitrogen functional groups attached to an aromatic ring is 3. The number of benzene rings is 1. The molecule has 0 aliphatic heterocycles. The quantitative estimate of drug-likeness (QED) is 0.322. The number of nitrogens with two attached hydrogens (primary N) is 3. The summed E-state index contributed by atoms with van der Waals surface area (Å²) in [5, 5.41) is 0. The van der Waals surface area contributed by atoms with Gasteiger partial charge in [-0.1, -0.05) is 0 Å². The third-order valence-electron chi connectivity index (χ3n) is 1.69. The Bertz CT molecular complexity index is 286. The Hall–Kier alpha value is -0.650. The van der Waals surface area contributed by atoms with E-state index in [1.165, 1.54) is 0 Å². The Morgan fingerprint density at radius 1 is 1.17 bits per heavy atom. The van der Waals surface area contributed by atoms with Gasteiger partial charge < -0.3 is 0 Å². The molecule has 0 atom stereocenters. The van der Waals surface area contributed by atoms with E-state index in [0.717, 1.165) is 9.99 Å². The average molecular weight is 278 g/mol. The molecule has 3 nitrogen and oxygen atoms in total. The van der Waals surface area contributed by atoms with Crippen LogP contribution in [0.15, 0.2) is 12.1 Å². The van der Waals surface area contributed by atoms with Crippen LogP contribution in [0.4, 0.5) is 17.1 Å². The predicted molar refractivity (Wildman–Crippen MR) is 49.3 cm³/mol. The molecule has 0 unspecified atom stereocenters. The van der Waals surface area contributed by atoms with Crippen LogP contribution in [-0.2, 0) is 4.43 Å². The van der Waals surface area contributed by atoms with Gasteiger partial charge in [0, 0.05) is 0 Å². The number of alkyl halides is 2.